The van der Waals surface area contributed by atoms with Crippen molar-refractivity contribution in [1.29, 1.82) is 0 Å². The second-order valence-corrected chi connectivity index (χ2v) is 4.82. The summed E-state index contributed by atoms with van der Waals surface area (Å²) in [5.74, 6) is 0.561. The minimum Gasteiger partial charge on any atom is -0.506 e. The molecule has 0 atom stereocenters. The van der Waals surface area contributed by atoms with E-state index in [-0.39, 0.29) is 11.7 Å². The van der Waals surface area contributed by atoms with Crippen molar-refractivity contribution in [1.82, 2.24) is 9.88 Å². The summed E-state index contributed by atoms with van der Waals surface area (Å²) >= 11 is 0. The first-order valence-electron chi connectivity index (χ1n) is 6.65. The molecular weight excluding hydrogens is 268 g/mol. The smallest absolute Gasteiger partial charge is 0.255 e. The van der Waals surface area contributed by atoms with Gasteiger partial charge in [0.05, 0.1) is 18.3 Å². The van der Waals surface area contributed by atoms with Gasteiger partial charge in [-0.25, -0.2) is 0 Å². The minimum absolute atomic E-state index is 0.0229. The fourth-order valence-corrected chi connectivity index (χ4v) is 1.87. The Labute approximate surface area is 123 Å². The zero-order valence-electron chi connectivity index (χ0n) is 12.1. The summed E-state index contributed by atoms with van der Waals surface area (Å²) in [6.45, 7) is 2.84. The molecule has 2 rings (SSSR count). The predicted molar refractivity (Wildman–Crippen MR) is 79.5 cm³/mol. The zero-order chi connectivity index (χ0) is 15.2. The highest BCUT2D eigenvalue weighted by Crippen LogP contribution is 2.13. The lowest BCUT2D eigenvalue weighted by Crippen LogP contribution is -2.30. The van der Waals surface area contributed by atoms with Crippen LogP contribution in [0.3, 0.4) is 0 Å². The van der Waals surface area contributed by atoms with Crippen LogP contribution in [0.15, 0.2) is 42.7 Å². The molecule has 1 aromatic heterocycles. The number of aryl methyl sites for hydroxylation is 1. The lowest BCUT2D eigenvalue weighted by atomic mass is 10.2. The number of nitrogens with zero attached hydrogens (tertiary/aromatic N) is 2. The molecule has 1 aromatic carbocycles. The van der Waals surface area contributed by atoms with E-state index in [0.29, 0.717) is 18.7 Å². The molecule has 5 heteroatoms. The van der Waals surface area contributed by atoms with Gasteiger partial charge in [0.2, 0.25) is 0 Å². The molecule has 1 heterocycles. The van der Waals surface area contributed by atoms with Crippen molar-refractivity contribution in [3.63, 3.8) is 0 Å². The molecule has 1 amide bonds. The van der Waals surface area contributed by atoms with Crippen LogP contribution in [0.4, 0.5) is 0 Å². The summed E-state index contributed by atoms with van der Waals surface area (Å²) in [6.07, 6.45) is 2.72. The minimum atomic E-state index is -0.203. The van der Waals surface area contributed by atoms with E-state index in [1.54, 1.807) is 7.05 Å². The Morgan fingerprint density at radius 3 is 2.86 bits per heavy atom. The Bertz CT molecular complexity index is 628. The number of aromatic hydroxyl groups is 1. The normalized spacial score (nSPS) is 10.2. The quantitative estimate of drug-likeness (QED) is 0.915. The van der Waals surface area contributed by atoms with Gasteiger partial charge in [0.1, 0.15) is 18.1 Å². The van der Waals surface area contributed by atoms with Crippen molar-refractivity contribution in [3.8, 4) is 11.5 Å². The van der Waals surface area contributed by atoms with Crippen molar-refractivity contribution in [2.45, 2.75) is 6.92 Å². The van der Waals surface area contributed by atoms with Gasteiger partial charge in [-0.15, -0.1) is 0 Å². The highest BCUT2D eigenvalue weighted by molar-refractivity contribution is 5.94. The SMILES string of the molecule is Cc1cccc(OCCN(C)C(=O)c2cncc(O)c2)c1. The van der Waals surface area contributed by atoms with E-state index in [1.807, 2.05) is 31.2 Å². The molecule has 0 aliphatic rings. The number of rotatable bonds is 5. The first kappa shape index (κ1) is 14.8. The van der Waals surface area contributed by atoms with Gasteiger partial charge < -0.3 is 14.7 Å². The van der Waals surface area contributed by atoms with Crippen LogP contribution in [0.5, 0.6) is 11.5 Å². The van der Waals surface area contributed by atoms with Gasteiger partial charge in [-0.3, -0.25) is 9.78 Å². The molecule has 0 spiro atoms. The average molecular weight is 286 g/mol. The standard InChI is InChI=1S/C16H18N2O3/c1-12-4-3-5-15(8-12)21-7-6-18(2)16(20)13-9-14(19)11-17-10-13/h3-5,8-11,19H,6-7H2,1-2H3. The molecule has 0 saturated carbocycles. The van der Waals surface area contributed by atoms with E-state index in [4.69, 9.17) is 4.74 Å². The molecular formula is C16H18N2O3. The van der Waals surface area contributed by atoms with Crippen LogP contribution in [0.2, 0.25) is 0 Å². The van der Waals surface area contributed by atoms with Crippen LogP contribution in [0, 0.1) is 6.92 Å². The average Bonchev–Trinajstić information content (AvgIpc) is 2.46. The first-order valence-corrected chi connectivity index (χ1v) is 6.65. The molecule has 21 heavy (non-hydrogen) atoms. The molecule has 0 saturated heterocycles. The predicted octanol–water partition coefficient (Wildman–Crippen LogP) is 2.25. The summed E-state index contributed by atoms with van der Waals surface area (Å²) in [5.41, 5.74) is 1.48. The Balaban J connectivity index is 1.87. The Kier molecular flexibility index (Phi) is 4.77. The van der Waals surface area contributed by atoms with E-state index in [2.05, 4.69) is 4.98 Å². The van der Waals surface area contributed by atoms with Gasteiger partial charge in [0.15, 0.2) is 0 Å². The van der Waals surface area contributed by atoms with Crippen molar-refractivity contribution in [2.75, 3.05) is 20.2 Å². The Morgan fingerprint density at radius 1 is 1.33 bits per heavy atom. The van der Waals surface area contributed by atoms with Gasteiger partial charge in [0, 0.05) is 13.2 Å². The monoisotopic (exact) mass is 286 g/mol. The number of pyridine rings is 1. The molecule has 110 valence electrons. The van der Waals surface area contributed by atoms with Crippen LogP contribution in [-0.4, -0.2) is 41.1 Å². The van der Waals surface area contributed by atoms with E-state index in [1.165, 1.54) is 23.4 Å². The number of likely N-dealkylation sites (N-methyl/N-ethyl adjacent to an activating group) is 1. The zero-order valence-corrected chi connectivity index (χ0v) is 12.1. The maximum absolute atomic E-state index is 12.1. The first-order chi connectivity index (χ1) is 10.1. The molecule has 0 aliphatic heterocycles. The molecule has 5 nitrogen and oxygen atoms in total. The summed E-state index contributed by atoms with van der Waals surface area (Å²) < 4.78 is 5.61. The van der Waals surface area contributed by atoms with E-state index in [9.17, 15) is 9.90 Å². The number of carbonyl (C=O) groups is 1. The highest BCUT2D eigenvalue weighted by atomic mass is 16.5. The lowest BCUT2D eigenvalue weighted by molar-refractivity contribution is 0.0773. The highest BCUT2D eigenvalue weighted by Gasteiger charge is 2.12. The maximum atomic E-state index is 12.1. The molecule has 0 aliphatic carbocycles. The number of hydrogen-bond acceptors (Lipinski definition) is 4. The fraction of sp³-hybridized carbons (Fsp3) is 0.250. The number of benzene rings is 1. The van der Waals surface area contributed by atoms with E-state index in [0.717, 1.165) is 11.3 Å². The number of ether oxygens (including phenoxy) is 1. The van der Waals surface area contributed by atoms with Gasteiger partial charge in [-0.1, -0.05) is 12.1 Å². The number of aromatic nitrogens is 1. The molecule has 0 fully saturated rings. The summed E-state index contributed by atoms with van der Waals surface area (Å²) in [7, 11) is 1.69. The number of amides is 1. The van der Waals surface area contributed by atoms with Crippen molar-refractivity contribution < 1.29 is 14.6 Å². The third kappa shape index (κ3) is 4.21. The van der Waals surface area contributed by atoms with Crippen LogP contribution in [-0.2, 0) is 0 Å². The van der Waals surface area contributed by atoms with Gasteiger partial charge in [0.25, 0.3) is 5.91 Å². The topological polar surface area (TPSA) is 62.7 Å². The molecule has 1 N–H and O–H groups in total. The van der Waals surface area contributed by atoms with Crippen molar-refractivity contribution >= 4 is 5.91 Å². The van der Waals surface area contributed by atoms with Gasteiger partial charge in [-0.2, -0.15) is 0 Å². The summed E-state index contributed by atoms with van der Waals surface area (Å²) in [5, 5.41) is 9.34. The van der Waals surface area contributed by atoms with Gasteiger partial charge >= 0.3 is 0 Å². The third-order valence-corrected chi connectivity index (χ3v) is 3.00. The summed E-state index contributed by atoms with van der Waals surface area (Å²) in [6, 6.07) is 9.15. The van der Waals surface area contributed by atoms with Crippen molar-refractivity contribution in [2.24, 2.45) is 0 Å². The van der Waals surface area contributed by atoms with Crippen LogP contribution in [0.1, 0.15) is 15.9 Å². The molecule has 0 unspecified atom stereocenters. The Morgan fingerprint density at radius 2 is 2.14 bits per heavy atom. The summed E-state index contributed by atoms with van der Waals surface area (Å²) in [4.78, 5) is 17.4. The Hall–Kier alpha value is -2.56. The van der Waals surface area contributed by atoms with Crippen LogP contribution in [0.25, 0.3) is 0 Å². The molecule has 0 radical (unpaired) electrons. The fourth-order valence-electron chi connectivity index (χ4n) is 1.87. The van der Waals surface area contributed by atoms with Crippen molar-refractivity contribution in [3.05, 3.63) is 53.9 Å². The van der Waals surface area contributed by atoms with Gasteiger partial charge in [-0.05, 0) is 30.7 Å². The number of hydrogen-bond donors (Lipinski definition) is 1. The number of carbonyl (C=O) groups excluding carboxylic acids is 1. The van der Waals surface area contributed by atoms with E-state index < -0.39 is 0 Å². The lowest BCUT2D eigenvalue weighted by Gasteiger charge is -2.17. The molecule has 2 aromatic rings. The second kappa shape index (κ2) is 6.74. The second-order valence-electron chi connectivity index (χ2n) is 4.82. The third-order valence-electron chi connectivity index (χ3n) is 3.00. The molecule has 0 bridgehead atoms. The largest absolute Gasteiger partial charge is 0.506 e. The van der Waals surface area contributed by atoms with Crippen LogP contribution < -0.4 is 4.74 Å². The van der Waals surface area contributed by atoms with E-state index >= 15 is 0 Å². The van der Waals surface area contributed by atoms with Crippen LogP contribution >= 0.6 is 0 Å². The maximum Gasteiger partial charge on any atom is 0.255 e.